The van der Waals surface area contributed by atoms with Gasteiger partial charge in [0.05, 0.1) is 0 Å². The molecule has 0 aromatic heterocycles. The molecule has 1 aliphatic rings. The van der Waals surface area contributed by atoms with Gasteiger partial charge in [-0.15, -0.1) is 0 Å². The molecule has 1 unspecified atom stereocenters. The van der Waals surface area contributed by atoms with E-state index in [9.17, 15) is 0 Å². The van der Waals surface area contributed by atoms with Crippen LogP contribution >= 0.6 is 15.9 Å². The second-order valence-corrected chi connectivity index (χ2v) is 14.8. The molecule has 3 atom stereocenters. The maximum atomic E-state index is 6.63. The van der Waals surface area contributed by atoms with Crippen LogP contribution in [0.2, 0.25) is 5.04 Å². The minimum Gasteiger partial charge on any atom is -0.411 e. The molecule has 0 bridgehead atoms. The van der Waals surface area contributed by atoms with Crippen molar-refractivity contribution in [1.29, 1.82) is 0 Å². The smallest absolute Gasteiger partial charge is 0.260 e. The lowest BCUT2D eigenvalue weighted by Gasteiger charge is -2.44. The van der Waals surface area contributed by atoms with Crippen LogP contribution in [-0.4, -0.2) is 15.4 Å². The Labute approximate surface area is 196 Å². The summed E-state index contributed by atoms with van der Waals surface area (Å²) in [7, 11) is -0.624. The van der Waals surface area contributed by atoms with E-state index in [1.165, 1.54) is 31.5 Å². The van der Waals surface area contributed by atoms with Gasteiger partial charge in [-0.25, -0.2) is 0 Å². The summed E-state index contributed by atoms with van der Waals surface area (Å²) in [6, 6.07) is 26.9. The fraction of sp³-hybridized carbons (Fsp3) is 0.333. The van der Waals surface area contributed by atoms with Crippen LogP contribution in [0.5, 0.6) is 0 Å². The van der Waals surface area contributed by atoms with Gasteiger partial charge < -0.3 is 9.74 Å². The third kappa shape index (κ3) is 3.84. The first kappa shape index (κ1) is 22.5. The van der Waals surface area contributed by atoms with E-state index in [2.05, 4.69) is 122 Å². The molecule has 0 aliphatic carbocycles. The Morgan fingerprint density at radius 3 is 2.23 bits per heavy atom. The number of hydrogen-bond acceptors (Lipinski definition) is 2. The van der Waals surface area contributed by atoms with E-state index >= 15 is 0 Å². The zero-order valence-corrected chi connectivity index (χ0v) is 21.7. The minimum atomic E-state index is -2.53. The van der Waals surface area contributed by atoms with Crippen LogP contribution in [0.4, 0.5) is 0 Å². The molecule has 1 heterocycles. The molecule has 162 valence electrons. The number of fused-ring (bicyclic) bond motifs is 1. The second kappa shape index (κ2) is 8.66. The molecule has 0 saturated carbocycles. The van der Waals surface area contributed by atoms with E-state index in [1.54, 1.807) is 0 Å². The van der Waals surface area contributed by atoms with Crippen LogP contribution in [0.3, 0.4) is 0 Å². The quantitative estimate of drug-likeness (QED) is 0.456. The lowest BCUT2D eigenvalue weighted by atomic mass is 9.88. The molecular weight excluding hydrogens is 462 g/mol. The molecule has 4 heteroatoms. The Balaban J connectivity index is 1.90. The number of rotatable bonds is 4. The maximum absolute atomic E-state index is 6.63. The number of nitrogens with one attached hydrogen (secondary N) is 1. The molecule has 0 radical (unpaired) electrons. The van der Waals surface area contributed by atoms with Crippen molar-refractivity contribution in [2.24, 2.45) is 0 Å². The molecule has 31 heavy (non-hydrogen) atoms. The normalized spacial score (nSPS) is 20.7. The van der Waals surface area contributed by atoms with E-state index in [0.717, 1.165) is 6.42 Å². The van der Waals surface area contributed by atoms with Crippen molar-refractivity contribution in [2.75, 3.05) is 7.11 Å². The van der Waals surface area contributed by atoms with Gasteiger partial charge in [-0.1, -0.05) is 103 Å². The highest BCUT2D eigenvalue weighted by molar-refractivity contribution is 9.10. The van der Waals surface area contributed by atoms with Crippen molar-refractivity contribution in [3.05, 3.63) is 94.0 Å². The first-order valence-electron chi connectivity index (χ1n) is 11.0. The predicted molar refractivity (Wildman–Crippen MR) is 137 cm³/mol. The Morgan fingerprint density at radius 2 is 1.55 bits per heavy atom. The molecule has 0 amide bonds. The second-order valence-electron chi connectivity index (χ2n) is 9.54. The van der Waals surface area contributed by atoms with E-state index in [-0.39, 0.29) is 11.1 Å². The maximum Gasteiger partial charge on any atom is 0.260 e. The van der Waals surface area contributed by atoms with Crippen molar-refractivity contribution in [2.45, 2.75) is 51.2 Å². The van der Waals surface area contributed by atoms with Crippen LogP contribution in [0.25, 0.3) is 0 Å². The van der Waals surface area contributed by atoms with Gasteiger partial charge in [-0.05, 0) is 51.5 Å². The predicted octanol–water partition coefficient (Wildman–Crippen LogP) is 5.90. The zero-order chi connectivity index (χ0) is 22.2. The van der Waals surface area contributed by atoms with E-state index < -0.39 is 8.32 Å². The van der Waals surface area contributed by atoms with Gasteiger partial charge in [0.1, 0.15) is 0 Å². The summed E-state index contributed by atoms with van der Waals surface area (Å²) in [4.78, 5) is 0. The SMILES string of the molecule is CO[Si](c1ccccc1)(c1ccccc1[C@H]1Cc2c(Br)cccc2[C@H](C)N1)C(C)(C)C. The Hall–Kier alpha value is -1.72. The van der Waals surface area contributed by atoms with Gasteiger partial charge in [0, 0.05) is 23.7 Å². The molecule has 2 nitrogen and oxygen atoms in total. The van der Waals surface area contributed by atoms with Crippen LogP contribution in [0, 0.1) is 0 Å². The molecule has 1 aliphatic heterocycles. The number of benzene rings is 3. The molecule has 3 aromatic rings. The standard InChI is InChI=1S/C27H32BrNOSi/c1-19-21-15-11-16-24(28)23(21)18-25(29-19)22-14-9-10-17-26(22)31(30-5,27(2,3)4)20-12-7-6-8-13-20/h6-17,19,25,29H,18H2,1-5H3/t19-,25+,31?/m0/s1. The summed E-state index contributed by atoms with van der Waals surface area (Å²) in [5, 5.41) is 6.58. The fourth-order valence-electron chi connectivity index (χ4n) is 5.37. The number of halogens is 1. The zero-order valence-electron chi connectivity index (χ0n) is 19.1. The summed E-state index contributed by atoms with van der Waals surface area (Å²) in [6.45, 7) is 9.25. The summed E-state index contributed by atoms with van der Waals surface area (Å²) in [5.41, 5.74) is 4.16. The molecular formula is C27H32BrNOSi. The summed E-state index contributed by atoms with van der Waals surface area (Å²) in [5.74, 6) is 0. The van der Waals surface area contributed by atoms with Crippen molar-refractivity contribution in [3.63, 3.8) is 0 Å². The topological polar surface area (TPSA) is 21.3 Å². The lowest BCUT2D eigenvalue weighted by Crippen LogP contribution is -2.67. The van der Waals surface area contributed by atoms with E-state index in [1.807, 2.05) is 7.11 Å². The van der Waals surface area contributed by atoms with Crippen LogP contribution in [0.1, 0.15) is 56.5 Å². The average molecular weight is 495 g/mol. The van der Waals surface area contributed by atoms with Gasteiger partial charge in [-0.3, -0.25) is 0 Å². The number of hydrogen-bond donors (Lipinski definition) is 1. The van der Waals surface area contributed by atoms with Crippen molar-refractivity contribution in [1.82, 2.24) is 5.32 Å². The molecule has 0 saturated heterocycles. The summed E-state index contributed by atoms with van der Waals surface area (Å²) in [6.07, 6.45) is 0.964. The third-order valence-corrected chi connectivity index (χ3v) is 12.6. The molecule has 1 N–H and O–H groups in total. The Kier molecular flexibility index (Phi) is 6.28. The van der Waals surface area contributed by atoms with E-state index in [4.69, 9.17) is 4.43 Å². The fourth-order valence-corrected chi connectivity index (χ4v) is 10.6. The average Bonchev–Trinajstić information content (AvgIpc) is 2.75. The first-order chi connectivity index (χ1) is 14.8. The monoisotopic (exact) mass is 493 g/mol. The molecule has 0 spiro atoms. The van der Waals surface area contributed by atoms with Gasteiger partial charge >= 0.3 is 0 Å². The van der Waals surface area contributed by atoms with Gasteiger partial charge in [-0.2, -0.15) is 0 Å². The van der Waals surface area contributed by atoms with Gasteiger partial charge in [0.2, 0.25) is 0 Å². The summed E-state index contributed by atoms with van der Waals surface area (Å²) >= 11 is 3.81. The first-order valence-corrected chi connectivity index (χ1v) is 13.7. The minimum absolute atomic E-state index is 0.0159. The largest absolute Gasteiger partial charge is 0.411 e. The highest BCUT2D eigenvalue weighted by atomic mass is 79.9. The van der Waals surface area contributed by atoms with Crippen LogP contribution in [-0.2, 0) is 10.8 Å². The lowest BCUT2D eigenvalue weighted by molar-refractivity contribution is 0.384. The van der Waals surface area contributed by atoms with E-state index in [0.29, 0.717) is 6.04 Å². The Morgan fingerprint density at radius 1 is 0.903 bits per heavy atom. The molecule has 0 fully saturated rings. The van der Waals surface area contributed by atoms with Crippen LogP contribution < -0.4 is 15.7 Å². The highest BCUT2D eigenvalue weighted by Crippen LogP contribution is 2.40. The third-order valence-electron chi connectivity index (χ3n) is 6.74. The van der Waals surface area contributed by atoms with Gasteiger partial charge in [0.25, 0.3) is 8.32 Å². The van der Waals surface area contributed by atoms with Crippen LogP contribution in [0.15, 0.2) is 77.3 Å². The Bertz CT molecular complexity index is 1060. The highest BCUT2D eigenvalue weighted by Gasteiger charge is 2.51. The van der Waals surface area contributed by atoms with Crippen molar-refractivity contribution in [3.8, 4) is 0 Å². The van der Waals surface area contributed by atoms with Gasteiger partial charge in [0.15, 0.2) is 0 Å². The molecule has 3 aromatic carbocycles. The molecule has 4 rings (SSSR count). The van der Waals surface area contributed by atoms with Crippen molar-refractivity contribution >= 4 is 34.6 Å². The van der Waals surface area contributed by atoms with Crippen molar-refractivity contribution < 1.29 is 4.43 Å². The summed E-state index contributed by atoms with van der Waals surface area (Å²) < 4.78 is 7.83.